The van der Waals surface area contributed by atoms with E-state index in [4.69, 9.17) is 0 Å². The molecule has 7 nitrogen and oxygen atoms in total. The Morgan fingerprint density at radius 1 is 1.35 bits per heavy atom. The predicted molar refractivity (Wildman–Crippen MR) is 82.9 cm³/mol. The molecule has 0 saturated carbocycles. The first-order valence-corrected chi connectivity index (χ1v) is 8.82. The summed E-state index contributed by atoms with van der Waals surface area (Å²) in [4.78, 5) is 15.8. The maximum Gasteiger partial charge on any atom is 0.247 e. The zero-order chi connectivity index (χ0) is 17.0. The number of nitrogens with one attached hydrogen (secondary N) is 2. The summed E-state index contributed by atoms with van der Waals surface area (Å²) in [5.41, 5.74) is 0. The van der Waals surface area contributed by atoms with E-state index in [0.717, 1.165) is 35.6 Å². The van der Waals surface area contributed by atoms with Gasteiger partial charge in [0.15, 0.2) is 5.13 Å². The first-order valence-electron chi connectivity index (χ1n) is 6.46. The van der Waals surface area contributed by atoms with Crippen molar-refractivity contribution < 1.29 is 22.7 Å². The summed E-state index contributed by atoms with van der Waals surface area (Å²) in [5.74, 6) is -1.34. The van der Waals surface area contributed by atoms with E-state index in [2.05, 4.69) is 15.0 Å². The molecule has 2 atom stereocenters. The van der Waals surface area contributed by atoms with Gasteiger partial charge in [-0.15, -0.1) is 11.3 Å². The van der Waals surface area contributed by atoms with E-state index in [-0.39, 0.29) is 10.0 Å². The molecular weight excluding hydrogens is 345 g/mol. The molecule has 10 heteroatoms. The molecule has 1 aromatic carbocycles. The Balaban J connectivity index is 2.18. The number of nitrogens with zero attached hydrogens (tertiary/aromatic N) is 1. The molecule has 0 aliphatic rings. The Labute approximate surface area is 136 Å². The van der Waals surface area contributed by atoms with Crippen LogP contribution in [-0.4, -0.2) is 36.6 Å². The van der Waals surface area contributed by atoms with Crippen LogP contribution in [0.25, 0.3) is 0 Å². The minimum atomic E-state index is -4.10. The molecule has 0 radical (unpaired) electrons. The van der Waals surface area contributed by atoms with Crippen LogP contribution in [0.15, 0.2) is 40.7 Å². The number of anilines is 1. The van der Waals surface area contributed by atoms with Crippen LogP contribution >= 0.6 is 11.3 Å². The van der Waals surface area contributed by atoms with Crippen molar-refractivity contribution in [3.05, 3.63) is 41.7 Å². The number of carbonyl (C=O) groups excluding carboxylic acids is 1. The second kappa shape index (κ2) is 7.13. The number of sulfonamides is 1. The number of halogens is 1. The standard InChI is InChI=1S/C13H14FN3O4S2/c1-8(18)11(12(19)16-13-15-6-7-22-13)17-23(20,21)10-4-2-9(14)3-5-10/h2-8,11,17-18H,1H3,(H,15,16,19). The average Bonchev–Trinajstić information content (AvgIpc) is 2.98. The molecule has 2 rings (SSSR count). The Bertz CT molecular complexity index is 761. The van der Waals surface area contributed by atoms with Gasteiger partial charge in [-0.3, -0.25) is 4.79 Å². The van der Waals surface area contributed by atoms with Crippen LogP contribution in [0.3, 0.4) is 0 Å². The number of benzene rings is 1. The third-order valence-corrected chi connectivity index (χ3v) is 4.98. The topological polar surface area (TPSA) is 108 Å². The van der Waals surface area contributed by atoms with E-state index in [1.165, 1.54) is 13.1 Å². The maximum absolute atomic E-state index is 12.9. The van der Waals surface area contributed by atoms with Gasteiger partial charge in [0.2, 0.25) is 15.9 Å². The second-order valence-corrected chi connectivity index (χ2v) is 7.23. The first-order chi connectivity index (χ1) is 10.8. The molecule has 2 aromatic rings. The van der Waals surface area contributed by atoms with Crippen LogP contribution in [0.5, 0.6) is 0 Å². The SMILES string of the molecule is CC(O)C(NS(=O)(=O)c1ccc(F)cc1)C(=O)Nc1nccs1. The molecule has 1 aromatic heterocycles. The third-order valence-electron chi connectivity index (χ3n) is 2.83. The third kappa shape index (κ3) is 4.55. The average molecular weight is 359 g/mol. The van der Waals surface area contributed by atoms with Gasteiger partial charge in [0, 0.05) is 11.6 Å². The van der Waals surface area contributed by atoms with Crippen LogP contribution in [0, 0.1) is 5.82 Å². The summed E-state index contributed by atoms with van der Waals surface area (Å²) in [6.07, 6.45) is 0.186. The van der Waals surface area contributed by atoms with Crippen LogP contribution in [0.4, 0.5) is 9.52 Å². The van der Waals surface area contributed by atoms with Crippen molar-refractivity contribution in [2.24, 2.45) is 0 Å². The van der Waals surface area contributed by atoms with Crippen molar-refractivity contribution in [1.82, 2.24) is 9.71 Å². The Hall–Kier alpha value is -1.88. The highest BCUT2D eigenvalue weighted by molar-refractivity contribution is 7.89. The van der Waals surface area contributed by atoms with Gasteiger partial charge in [0.1, 0.15) is 11.9 Å². The van der Waals surface area contributed by atoms with E-state index >= 15 is 0 Å². The molecule has 0 fully saturated rings. The van der Waals surface area contributed by atoms with Gasteiger partial charge < -0.3 is 10.4 Å². The van der Waals surface area contributed by atoms with Gasteiger partial charge in [0.05, 0.1) is 11.0 Å². The summed E-state index contributed by atoms with van der Waals surface area (Å²) in [7, 11) is -4.10. The molecular formula is C13H14FN3O4S2. The molecule has 0 saturated heterocycles. The zero-order valence-corrected chi connectivity index (χ0v) is 13.6. The number of hydrogen-bond donors (Lipinski definition) is 3. The number of rotatable bonds is 6. The highest BCUT2D eigenvalue weighted by Gasteiger charge is 2.30. The second-order valence-electron chi connectivity index (χ2n) is 4.62. The lowest BCUT2D eigenvalue weighted by atomic mass is 10.2. The van der Waals surface area contributed by atoms with Crippen LogP contribution in [0.2, 0.25) is 0 Å². The lowest BCUT2D eigenvalue weighted by molar-refractivity contribution is -0.119. The molecule has 3 N–H and O–H groups in total. The summed E-state index contributed by atoms with van der Waals surface area (Å²) in [5, 5.41) is 14.0. The Morgan fingerprint density at radius 3 is 2.52 bits per heavy atom. The first kappa shape index (κ1) is 17.5. The molecule has 124 valence electrons. The highest BCUT2D eigenvalue weighted by atomic mass is 32.2. The number of aromatic nitrogens is 1. The fraction of sp³-hybridized carbons (Fsp3) is 0.231. The van der Waals surface area contributed by atoms with Crippen LogP contribution in [0.1, 0.15) is 6.92 Å². The number of thiazole rings is 1. The summed E-state index contributed by atoms with van der Waals surface area (Å²) in [6, 6.07) is 2.68. The monoisotopic (exact) mass is 359 g/mol. The summed E-state index contributed by atoms with van der Waals surface area (Å²) in [6.45, 7) is 1.28. The Kier molecular flexibility index (Phi) is 5.42. The number of aliphatic hydroxyl groups excluding tert-OH is 1. The number of hydrogen-bond acceptors (Lipinski definition) is 6. The molecule has 2 unspecified atom stereocenters. The minimum absolute atomic E-state index is 0.216. The van der Waals surface area contributed by atoms with Crippen LogP contribution in [-0.2, 0) is 14.8 Å². The molecule has 1 amide bonds. The van der Waals surface area contributed by atoms with Gasteiger partial charge in [-0.1, -0.05) is 0 Å². The van der Waals surface area contributed by atoms with Gasteiger partial charge in [-0.25, -0.2) is 17.8 Å². The van der Waals surface area contributed by atoms with Gasteiger partial charge in [-0.05, 0) is 31.2 Å². The normalized spacial score (nSPS) is 14.2. The zero-order valence-electron chi connectivity index (χ0n) is 11.9. The van der Waals surface area contributed by atoms with Crippen molar-refractivity contribution in [3.63, 3.8) is 0 Å². The largest absolute Gasteiger partial charge is 0.391 e. The predicted octanol–water partition coefficient (Wildman–Crippen LogP) is 0.949. The van der Waals surface area contributed by atoms with E-state index in [0.29, 0.717) is 0 Å². The molecule has 0 bridgehead atoms. The van der Waals surface area contributed by atoms with E-state index in [9.17, 15) is 22.7 Å². The smallest absolute Gasteiger partial charge is 0.247 e. The molecule has 0 aliphatic heterocycles. The van der Waals surface area contributed by atoms with Crippen LogP contribution < -0.4 is 10.0 Å². The van der Waals surface area contributed by atoms with Crippen molar-refractivity contribution in [2.45, 2.75) is 24.0 Å². The summed E-state index contributed by atoms with van der Waals surface area (Å²) < 4.78 is 39.4. The minimum Gasteiger partial charge on any atom is -0.391 e. The van der Waals surface area contributed by atoms with E-state index in [1.807, 2.05) is 0 Å². The molecule has 1 heterocycles. The summed E-state index contributed by atoms with van der Waals surface area (Å²) >= 11 is 1.15. The van der Waals surface area contributed by atoms with Crippen molar-refractivity contribution in [3.8, 4) is 0 Å². The van der Waals surface area contributed by atoms with Crippen molar-refractivity contribution in [1.29, 1.82) is 0 Å². The highest BCUT2D eigenvalue weighted by Crippen LogP contribution is 2.14. The van der Waals surface area contributed by atoms with Gasteiger partial charge in [-0.2, -0.15) is 4.72 Å². The number of carbonyl (C=O) groups is 1. The van der Waals surface area contributed by atoms with Crippen molar-refractivity contribution in [2.75, 3.05) is 5.32 Å². The number of amides is 1. The van der Waals surface area contributed by atoms with Gasteiger partial charge in [0.25, 0.3) is 0 Å². The quantitative estimate of drug-likeness (QED) is 0.712. The molecule has 23 heavy (non-hydrogen) atoms. The molecule has 0 spiro atoms. The fourth-order valence-electron chi connectivity index (χ4n) is 1.69. The Morgan fingerprint density at radius 2 is 2.00 bits per heavy atom. The number of aliphatic hydroxyl groups is 1. The van der Waals surface area contributed by atoms with Crippen molar-refractivity contribution >= 4 is 32.4 Å². The lowest BCUT2D eigenvalue weighted by Crippen LogP contribution is -2.50. The van der Waals surface area contributed by atoms with E-state index in [1.54, 1.807) is 5.38 Å². The maximum atomic E-state index is 12.9. The van der Waals surface area contributed by atoms with Gasteiger partial charge >= 0.3 is 0 Å². The fourth-order valence-corrected chi connectivity index (χ4v) is 3.49. The lowest BCUT2D eigenvalue weighted by Gasteiger charge is -2.20. The van der Waals surface area contributed by atoms with E-state index < -0.39 is 33.9 Å². The molecule has 0 aliphatic carbocycles.